The van der Waals surface area contributed by atoms with E-state index < -0.39 is 0 Å². The quantitative estimate of drug-likeness (QED) is 0.682. The van der Waals surface area contributed by atoms with E-state index in [0.29, 0.717) is 19.7 Å². The summed E-state index contributed by atoms with van der Waals surface area (Å²) in [6.45, 7) is 2.07. The third-order valence-corrected chi connectivity index (χ3v) is 2.16. The average molecular weight is 192 g/mol. The van der Waals surface area contributed by atoms with E-state index in [-0.39, 0.29) is 12.5 Å². The summed E-state index contributed by atoms with van der Waals surface area (Å²) >= 11 is 0. The molecule has 1 aliphatic rings. The third kappa shape index (κ3) is 2.09. The van der Waals surface area contributed by atoms with E-state index in [1.807, 2.05) is 18.2 Å². The van der Waals surface area contributed by atoms with E-state index in [2.05, 4.69) is 4.98 Å². The molecule has 1 fully saturated rings. The van der Waals surface area contributed by atoms with Crippen LogP contribution in [-0.2, 0) is 16.1 Å². The van der Waals surface area contributed by atoms with Crippen LogP contribution in [0, 0.1) is 0 Å². The minimum atomic E-state index is 0.0434. The van der Waals surface area contributed by atoms with Crippen molar-refractivity contribution in [3.63, 3.8) is 0 Å². The van der Waals surface area contributed by atoms with Crippen molar-refractivity contribution < 1.29 is 9.53 Å². The van der Waals surface area contributed by atoms with Gasteiger partial charge in [0.25, 0.3) is 0 Å². The fourth-order valence-electron chi connectivity index (χ4n) is 1.40. The van der Waals surface area contributed by atoms with Crippen LogP contribution in [-0.4, -0.2) is 35.5 Å². The summed E-state index contributed by atoms with van der Waals surface area (Å²) < 4.78 is 5.04. The predicted molar refractivity (Wildman–Crippen MR) is 50.5 cm³/mol. The Labute approximate surface area is 82.5 Å². The highest BCUT2D eigenvalue weighted by molar-refractivity contribution is 5.77. The normalized spacial score (nSPS) is 17.1. The van der Waals surface area contributed by atoms with E-state index in [4.69, 9.17) is 4.74 Å². The number of hydrogen-bond acceptors (Lipinski definition) is 3. The highest BCUT2D eigenvalue weighted by Crippen LogP contribution is 2.04. The Morgan fingerprint density at radius 3 is 3.14 bits per heavy atom. The number of aromatic nitrogens is 1. The van der Waals surface area contributed by atoms with Gasteiger partial charge in [0.2, 0.25) is 5.91 Å². The molecule has 1 amide bonds. The van der Waals surface area contributed by atoms with Crippen LogP contribution >= 0.6 is 0 Å². The molecule has 2 rings (SSSR count). The topological polar surface area (TPSA) is 42.4 Å². The summed E-state index contributed by atoms with van der Waals surface area (Å²) in [7, 11) is 0. The lowest BCUT2D eigenvalue weighted by molar-refractivity contribution is -0.143. The van der Waals surface area contributed by atoms with Crippen molar-refractivity contribution in [2.24, 2.45) is 0 Å². The second-order valence-electron chi connectivity index (χ2n) is 3.19. The summed E-state index contributed by atoms with van der Waals surface area (Å²) in [6, 6.07) is 5.71. The molecule has 0 atom stereocenters. The number of nitrogens with zero attached hydrogens (tertiary/aromatic N) is 2. The van der Waals surface area contributed by atoms with E-state index in [1.165, 1.54) is 0 Å². The molecule has 0 spiro atoms. The number of carbonyl (C=O) groups is 1. The molecule has 1 saturated heterocycles. The van der Waals surface area contributed by atoms with E-state index in [9.17, 15) is 4.79 Å². The number of ether oxygens (including phenoxy) is 1. The molecule has 4 nitrogen and oxygen atoms in total. The number of morpholine rings is 1. The molecule has 1 aromatic rings. The molecule has 1 aliphatic heterocycles. The van der Waals surface area contributed by atoms with Crippen molar-refractivity contribution >= 4 is 5.91 Å². The first-order valence-corrected chi connectivity index (χ1v) is 4.62. The Morgan fingerprint density at radius 1 is 1.50 bits per heavy atom. The van der Waals surface area contributed by atoms with E-state index in [0.717, 1.165) is 5.69 Å². The van der Waals surface area contributed by atoms with Crippen LogP contribution in [0.25, 0.3) is 0 Å². The Bertz CT molecular complexity index is 313. The molecule has 0 N–H and O–H groups in total. The average Bonchev–Trinajstić information content (AvgIpc) is 2.23. The predicted octanol–water partition coefficient (Wildman–Crippen LogP) is 0.440. The van der Waals surface area contributed by atoms with Gasteiger partial charge in [-0.05, 0) is 12.1 Å². The lowest BCUT2D eigenvalue weighted by Crippen LogP contribution is -2.41. The van der Waals surface area contributed by atoms with Gasteiger partial charge in [0.05, 0.1) is 18.8 Å². The number of carbonyl (C=O) groups excluding carboxylic acids is 1. The van der Waals surface area contributed by atoms with Gasteiger partial charge >= 0.3 is 0 Å². The van der Waals surface area contributed by atoms with Gasteiger partial charge in [0, 0.05) is 12.7 Å². The van der Waals surface area contributed by atoms with Crippen LogP contribution in [0.4, 0.5) is 0 Å². The van der Waals surface area contributed by atoms with E-state index >= 15 is 0 Å². The monoisotopic (exact) mass is 192 g/mol. The minimum Gasteiger partial charge on any atom is -0.370 e. The third-order valence-electron chi connectivity index (χ3n) is 2.16. The molecule has 4 heteroatoms. The molecule has 0 aliphatic carbocycles. The maximum absolute atomic E-state index is 11.4. The van der Waals surface area contributed by atoms with Crippen LogP contribution < -0.4 is 0 Å². The van der Waals surface area contributed by atoms with Gasteiger partial charge in [-0.1, -0.05) is 6.07 Å². The van der Waals surface area contributed by atoms with Crippen LogP contribution in [0.3, 0.4) is 0 Å². The molecule has 14 heavy (non-hydrogen) atoms. The number of hydrogen-bond donors (Lipinski definition) is 0. The fraction of sp³-hybridized carbons (Fsp3) is 0.400. The maximum Gasteiger partial charge on any atom is 0.248 e. The molecular formula is C10H12N2O2. The largest absolute Gasteiger partial charge is 0.370 e. The first-order chi connectivity index (χ1) is 6.86. The molecule has 0 radical (unpaired) electrons. The molecular weight excluding hydrogens is 180 g/mol. The van der Waals surface area contributed by atoms with Gasteiger partial charge in [-0.15, -0.1) is 0 Å². The van der Waals surface area contributed by atoms with Gasteiger partial charge < -0.3 is 9.64 Å². The second kappa shape index (κ2) is 4.19. The Balaban J connectivity index is 2.00. The van der Waals surface area contributed by atoms with Crippen molar-refractivity contribution in [3.8, 4) is 0 Å². The number of pyridine rings is 1. The molecule has 1 aromatic heterocycles. The van der Waals surface area contributed by atoms with Gasteiger partial charge in [0.15, 0.2) is 0 Å². The van der Waals surface area contributed by atoms with Gasteiger partial charge in [-0.25, -0.2) is 0 Å². The van der Waals surface area contributed by atoms with Crippen molar-refractivity contribution in [3.05, 3.63) is 30.1 Å². The summed E-state index contributed by atoms with van der Waals surface area (Å²) in [5, 5.41) is 0. The Kier molecular flexibility index (Phi) is 2.74. The van der Waals surface area contributed by atoms with Gasteiger partial charge in [0.1, 0.15) is 6.61 Å². The molecule has 0 unspecified atom stereocenters. The smallest absolute Gasteiger partial charge is 0.248 e. The lowest BCUT2D eigenvalue weighted by Gasteiger charge is -2.26. The highest BCUT2D eigenvalue weighted by Gasteiger charge is 2.18. The standard InChI is InChI=1S/C10H12N2O2/c13-10-8-14-6-5-12(10)7-9-3-1-2-4-11-9/h1-4H,5-8H2. The maximum atomic E-state index is 11.4. The van der Waals surface area contributed by atoms with Gasteiger partial charge in [-0.3, -0.25) is 9.78 Å². The zero-order chi connectivity index (χ0) is 9.80. The zero-order valence-corrected chi connectivity index (χ0v) is 7.85. The van der Waals surface area contributed by atoms with Crippen LogP contribution in [0.1, 0.15) is 5.69 Å². The zero-order valence-electron chi connectivity index (χ0n) is 7.85. The number of rotatable bonds is 2. The summed E-state index contributed by atoms with van der Waals surface area (Å²) in [6.07, 6.45) is 1.74. The Morgan fingerprint density at radius 2 is 2.43 bits per heavy atom. The first kappa shape index (κ1) is 9.15. The summed E-state index contributed by atoms with van der Waals surface area (Å²) in [5.41, 5.74) is 0.919. The minimum absolute atomic E-state index is 0.0434. The van der Waals surface area contributed by atoms with Crippen molar-refractivity contribution in [2.75, 3.05) is 19.8 Å². The Hall–Kier alpha value is -1.42. The van der Waals surface area contributed by atoms with Crippen LogP contribution in [0.2, 0.25) is 0 Å². The van der Waals surface area contributed by atoms with E-state index in [1.54, 1.807) is 11.1 Å². The molecule has 2 heterocycles. The van der Waals surface area contributed by atoms with Crippen molar-refractivity contribution in [1.29, 1.82) is 0 Å². The van der Waals surface area contributed by atoms with Gasteiger partial charge in [-0.2, -0.15) is 0 Å². The molecule has 0 aromatic carbocycles. The first-order valence-electron chi connectivity index (χ1n) is 4.62. The molecule has 0 bridgehead atoms. The van der Waals surface area contributed by atoms with Crippen molar-refractivity contribution in [2.45, 2.75) is 6.54 Å². The van der Waals surface area contributed by atoms with Crippen LogP contribution in [0.15, 0.2) is 24.4 Å². The molecule has 74 valence electrons. The number of amides is 1. The lowest BCUT2D eigenvalue weighted by atomic mass is 10.3. The fourth-order valence-corrected chi connectivity index (χ4v) is 1.40. The van der Waals surface area contributed by atoms with Crippen LogP contribution in [0.5, 0.6) is 0 Å². The SMILES string of the molecule is O=C1COCCN1Cc1ccccn1. The molecule has 0 saturated carbocycles. The highest BCUT2D eigenvalue weighted by atomic mass is 16.5. The summed E-state index contributed by atoms with van der Waals surface area (Å²) in [4.78, 5) is 17.3. The second-order valence-corrected chi connectivity index (χ2v) is 3.19. The van der Waals surface area contributed by atoms with Crippen molar-refractivity contribution in [1.82, 2.24) is 9.88 Å². The summed E-state index contributed by atoms with van der Waals surface area (Å²) in [5.74, 6) is 0.0434.